The summed E-state index contributed by atoms with van der Waals surface area (Å²) >= 11 is 0. The first kappa shape index (κ1) is 16.1. The third-order valence-electron chi connectivity index (χ3n) is 4.06. The zero-order chi connectivity index (χ0) is 15.5. The van der Waals surface area contributed by atoms with Gasteiger partial charge in [0, 0.05) is 19.6 Å². The number of likely N-dealkylation sites (tertiary alicyclic amines) is 1. The van der Waals surface area contributed by atoms with E-state index in [0.29, 0.717) is 13.1 Å². The number of hydrogen-bond acceptors (Lipinski definition) is 4. The van der Waals surface area contributed by atoms with Gasteiger partial charge >= 0.3 is 12.0 Å². The molecule has 0 spiro atoms. The molecular weight excluding hydrogens is 296 g/mol. The highest BCUT2D eigenvalue weighted by Crippen LogP contribution is 2.19. The molecule has 0 radical (unpaired) electrons. The van der Waals surface area contributed by atoms with Crippen molar-refractivity contribution in [3.8, 4) is 0 Å². The Morgan fingerprint density at radius 2 is 1.67 bits per heavy atom. The van der Waals surface area contributed by atoms with Crippen LogP contribution in [0.25, 0.3) is 0 Å². The minimum atomic E-state index is -3.26. The van der Waals surface area contributed by atoms with Crippen LogP contribution in [-0.2, 0) is 14.6 Å². The van der Waals surface area contributed by atoms with E-state index in [0.717, 1.165) is 25.7 Å². The number of nitrogens with zero attached hydrogens (tertiary/aromatic N) is 2. The lowest BCUT2D eigenvalue weighted by Gasteiger charge is -2.38. The Morgan fingerprint density at radius 1 is 1.05 bits per heavy atom. The Kier molecular flexibility index (Phi) is 5.08. The zero-order valence-corrected chi connectivity index (χ0v) is 12.8. The van der Waals surface area contributed by atoms with Crippen molar-refractivity contribution < 1.29 is 23.1 Å². The lowest BCUT2D eigenvalue weighted by molar-refractivity contribution is -0.138. The van der Waals surface area contributed by atoms with Crippen LogP contribution >= 0.6 is 0 Å². The molecule has 2 amide bonds. The molecule has 0 saturated carbocycles. The summed E-state index contributed by atoms with van der Waals surface area (Å²) in [6, 6.07) is -0.963. The maximum absolute atomic E-state index is 12.6. The SMILES string of the molecule is O=C(O)CC1CS(=O)(=O)CCN1C(=O)N1CCCCCC1. The Bertz CT molecular complexity index is 497. The average molecular weight is 318 g/mol. The molecule has 2 rings (SSSR count). The van der Waals surface area contributed by atoms with Gasteiger partial charge in [0.15, 0.2) is 9.84 Å². The van der Waals surface area contributed by atoms with E-state index < -0.39 is 21.8 Å². The van der Waals surface area contributed by atoms with Crippen molar-refractivity contribution in [1.82, 2.24) is 9.80 Å². The highest BCUT2D eigenvalue weighted by atomic mass is 32.2. The molecule has 1 unspecified atom stereocenters. The molecule has 7 nitrogen and oxygen atoms in total. The summed E-state index contributed by atoms with van der Waals surface area (Å²) in [6.07, 6.45) is 3.76. The molecule has 21 heavy (non-hydrogen) atoms. The Balaban J connectivity index is 2.10. The van der Waals surface area contributed by atoms with Gasteiger partial charge in [0.05, 0.1) is 24.0 Å². The van der Waals surface area contributed by atoms with Crippen LogP contribution in [0.3, 0.4) is 0 Å². The monoisotopic (exact) mass is 318 g/mol. The summed E-state index contributed by atoms with van der Waals surface area (Å²) in [5, 5.41) is 8.94. The summed E-state index contributed by atoms with van der Waals surface area (Å²) in [4.78, 5) is 26.7. The fourth-order valence-corrected chi connectivity index (χ4v) is 4.48. The van der Waals surface area contributed by atoms with E-state index in [4.69, 9.17) is 5.11 Å². The van der Waals surface area contributed by atoms with Gasteiger partial charge in [-0.2, -0.15) is 0 Å². The van der Waals surface area contributed by atoms with Crippen LogP contribution in [0.5, 0.6) is 0 Å². The van der Waals surface area contributed by atoms with Crippen LogP contribution in [-0.4, -0.2) is 72.5 Å². The fourth-order valence-electron chi connectivity index (χ4n) is 2.95. The zero-order valence-electron chi connectivity index (χ0n) is 12.0. The second-order valence-corrected chi connectivity index (χ2v) is 7.97. The van der Waals surface area contributed by atoms with Gasteiger partial charge in [-0.15, -0.1) is 0 Å². The summed E-state index contributed by atoms with van der Waals surface area (Å²) in [5.41, 5.74) is 0. The number of sulfone groups is 1. The summed E-state index contributed by atoms with van der Waals surface area (Å²) in [5.74, 6) is -1.41. The number of hydrogen-bond donors (Lipinski definition) is 1. The predicted octanol–water partition coefficient (Wildman–Crippen LogP) is 0.556. The molecular formula is C13H22N2O5S. The van der Waals surface area contributed by atoms with Crippen molar-refractivity contribution in [1.29, 1.82) is 0 Å². The largest absolute Gasteiger partial charge is 0.481 e. The van der Waals surface area contributed by atoms with Crippen molar-refractivity contribution in [3.63, 3.8) is 0 Å². The van der Waals surface area contributed by atoms with E-state index in [9.17, 15) is 18.0 Å². The van der Waals surface area contributed by atoms with E-state index in [1.54, 1.807) is 4.90 Å². The number of urea groups is 1. The molecule has 2 aliphatic rings. The molecule has 2 fully saturated rings. The molecule has 120 valence electrons. The normalized spacial score (nSPS) is 26.2. The van der Waals surface area contributed by atoms with Gasteiger partial charge in [-0.05, 0) is 12.8 Å². The summed E-state index contributed by atoms with van der Waals surface area (Å²) < 4.78 is 23.4. The first-order valence-corrected chi connectivity index (χ1v) is 9.19. The predicted molar refractivity (Wildman–Crippen MR) is 76.8 cm³/mol. The number of carbonyl (C=O) groups is 2. The van der Waals surface area contributed by atoms with Crippen LogP contribution < -0.4 is 0 Å². The van der Waals surface area contributed by atoms with Gasteiger partial charge in [0.25, 0.3) is 0 Å². The maximum atomic E-state index is 12.6. The maximum Gasteiger partial charge on any atom is 0.320 e. The number of rotatable bonds is 2. The molecule has 0 aromatic heterocycles. The van der Waals surface area contributed by atoms with Crippen LogP contribution in [0.15, 0.2) is 0 Å². The highest BCUT2D eigenvalue weighted by Gasteiger charge is 2.37. The molecule has 1 N–H and O–H groups in total. The molecule has 1 atom stereocenters. The van der Waals surface area contributed by atoms with Gasteiger partial charge in [0.1, 0.15) is 0 Å². The molecule has 8 heteroatoms. The number of carbonyl (C=O) groups excluding carboxylic acids is 1. The summed E-state index contributed by atoms with van der Waals surface area (Å²) in [7, 11) is -3.26. The second-order valence-electron chi connectivity index (χ2n) is 5.74. The molecule has 0 aromatic rings. The van der Waals surface area contributed by atoms with Crippen molar-refractivity contribution in [2.45, 2.75) is 38.1 Å². The molecule has 0 aliphatic carbocycles. The first-order chi connectivity index (χ1) is 9.89. The minimum Gasteiger partial charge on any atom is -0.481 e. The molecule has 2 saturated heterocycles. The number of aliphatic carboxylic acids is 1. The minimum absolute atomic E-state index is 0.0807. The molecule has 2 heterocycles. The molecule has 0 bridgehead atoms. The topological polar surface area (TPSA) is 95.0 Å². The third-order valence-corrected chi connectivity index (χ3v) is 5.76. The Hall–Kier alpha value is -1.31. The molecule has 0 aromatic carbocycles. The van der Waals surface area contributed by atoms with Crippen molar-refractivity contribution in [2.24, 2.45) is 0 Å². The van der Waals surface area contributed by atoms with Crippen molar-refractivity contribution in [3.05, 3.63) is 0 Å². The smallest absolute Gasteiger partial charge is 0.320 e. The highest BCUT2D eigenvalue weighted by molar-refractivity contribution is 7.91. The van der Waals surface area contributed by atoms with E-state index >= 15 is 0 Å². The van der Waals surface area contributed by atoms with Gasteiger partial charge in [-0.3, -0.25) is 4.79 Å². The second kappa shape index (κ2) is 6.64. The Labute approximate surface area is 124 Å². The number of carboxylic acids is 1. The van der Waals surface area contributed by atoms with Crippen molar-refractivity contribution in [2.75, 3.05) is 31.1 Å². The quantitative estimate of drug-likeness (QED) is 0.802. The number of carboxylic acid groups (broad SMARTS) is 1. The van der Waals surface area contributed by atoms with Gasteiger partial charge in [-0.25, -0.2) is 13.2 Å². The van der Waals surface area contributed by atoms with Crippen LogP contribution in [0.2, 0.25) is 0 Å². The van der Waals surface area contributed by atoms with E-state index in [1.165, 1.54) is 4.90 Å². The van der Waals surface area contributed by atoms with E-state index in [2.05, 4.69) is 0 Å². The Morgan fingerprint density at radius 3 is 2.24 bits per heavy atom. The third kappa shape index (κ3) is 4.33. The van der Waals surface area contributed by atoms with Crippen LogP contribution in [0, 0.1) is 0 Å². The fraction of sp³-hybridized carbons (Fsp3) is 0.846. The number of amides is 2. The average Bonchev–Trinajstić information content (AvgIpc) is 2.65. The summed E-state index contributed by atoms with van der Waals surface area (Å²) in [6.45, 7) is 1.43. The van der Waals surface area contributed by atoms with Gasteiger partial charge < -0.3 is 14.9 Å². The standard InChI is InChI=1S/C13H22N2O5S/c16-12(17)9-11-10-21(19,20)8-7-15(11)13(18)14-5-3-1-2-4-6-14/h11H,1-10H2,(H,16,17). The molecule has 2 aliphatic heterocycles. The van der Waals surface area contributed by atoms with Gasteiger partial charge in [0.2, 0.25) is 0 Å². The van der Waals surface area contributed by atoms with Crippen LogP contribution in [0.1, 0.15) is 32.1 Å². The van der Waals surface area contributed by atoms with Gasteiger partial charge in [-0.1, -0.05) is 12.8 Å². The van der Waals surface area contributed by atoms with Crippen molar-refractivity contribution >= 4 is 21.8 Å². The van der Waals surface area contributed by atoms with Crippen LogP contribution in [0.4, 0.5) is 4.79 Å². The lowest BCUT2D eigenvalue weighted by atomic mass is 10.2. The lowest BCUT2D eigenvalue weighted by Crippen LogP contribution is -2.56. The van der Waals surface area contributed by atoms with E-state index in [1.807, 2.05) is 0 Å². The first-order valence-electron chi connectivity index (χ1n) is 7.37. The van der Waals surface area contributed by atoms with E-state index in [-0.39, 0.29) is 30.5 Å².